The molecule has 0 amide bonds. The predicted octanol–water partition coefficient (Wildman–Crippen LogP) is 2.40. The van der Waals surface area contributed by atoms with Crippen molar-refractivity contribution in [1.82, 2.24) is 0 Å². The van der Waals surface area contributed by atoms with E-state index in [1.807, 2.05) is 0 Å². The van der Waals surface area contributed by atoms with E-state index in [1.54, 1.807) is 0 Å². The summed E-state index contributed by atoms with van der Waals surface area (Å²) < 4.78 is 29.1. The van der Waals surface area contributed by atoms with Gasteiger partial charge < -0.3 is 4.18 Å². The molecule has 6 heteroatoms. The Morgan fingerprint density at radius 1 is 1.00 bits per heavy atom. The Kier molecular flexibility index (Phi) is 4.19. The van der Waals surface area contributed by atoms with Gasteiger partial charge in [0.15, 0.2) is 0 Å². The fourth-order valence-electron chi connectivity index (χ4n) is 1.52. The zero-order chi connectivity index (χ0) is 15.3. The fourth-order valence-corrected chi connectivity index (χ4v) is 2.45. The summed E-state index contributed by atoms with van der Waals surface area (Å²) in [5.74, 6) is 2.51. The number of isocyanates is 1. The average molecular weight is 299 g/mol. The van der Waals surface area contributed by atoms with Gasteiger partial charge in [-0.3, -0.25) is 0 Å². The quantitative estimate of drug-likeness (QED) is 0.376. The summed E-state index contributed by atoms with van der Waals surface area (Å²) in [6, 6.07) is 11.4. The summed E-state index contributed by atoms with van der Waals surface area (Å²) in [6.07, 6.45) is 6.59. The van der Waals surface area contributed by atoms with Crippen LogP contribution >= 0.6 is 0 Å². The van der Waals surface area contributed by atoms with E-state index >= 15 is 0 Å². The normalized spacial score (nSPS) is 10.2. The van der Waals surface area contributed by atoms with Crippen LogP contribution in [0.25, 0.3) is 0 Å². The van der Waals surface area contributed by atoms with Crippen molar-refractivity contribution < 1.29 is 17.4 Å². The zero-order valence-corrected chi connectivity index (χ0v) is 11.5. The maximum Gasteiger partial charge on any atom is 0.339 e. The Morgan fingerprint density at radius 2 is 1.62 bits per heavy atom. The van der Waals surface area contributed by atoms with Crippen LogP contribution in [0, 0.1) is 12.3 Å². The summed E-state index contributed by atoms with van der Waals surface area (Å²) in [5, 5.41) is 0. The minimum Gasteiger partial charge on any atom is -0.379 e. The van der Waals surface area contributed by atoms with Crippen LogP contribution in [0.1, 0.15) is 5.56 Å². The van der Waals surface area contributed by atoms with Crippen LogP contribution in [-0.4, -0.2) is 14.5 Å². The van der Waals surface area contributed by atoms with Crippen LogP contribution < -0.4 is 4.18 Å². The molecule has 21 heavy (non-hydrogen) atoms. The van der Waals surface area contributed by atoms with Crippen molar-refractivity contribution >= 4 is 21.9 Å². The van der Waals surface area contributed by atoms with Gasteiger partial charge in [0.25, 0.3) is 0 Å². The van der Waals surface area contributed by atoms with Crippen molar-refractivity contribution in [3.8, 4) is 18.1 Å². The zero-order valence-electron chi connectivity index (χ0n) is 10.7. The topological polar surface area (TPSA) is 72.8 Å². The lowest BCUT2D eigenvalue weighted by atomic mass is 10.2. The molecule has 0 saturated carbocycles. The number of nitrogens with zero attached hydrogens (tertiary/aromatic N) is 1. The van der Waals surface area contributed by atoms with Crippen molar-refractivity contribution in [2.75, 3.05) is 0 Å². The fraction of sp³-hybridized carbons (Fsp3) is 0. The average Bonchev–Trinajstić information content (AvgIpc) is 2.49. The monoisotopic (exact) mass is 299 g/mol. The van der Waals surface area contributed by atoms with Gasteiger partial charge in [0.2, 0.25) is 6.08 Å². The summed E-state index contributed by atoms with van der Waals surface area (Å²) in [7, 11) is -3.94. The molecule has 2 aromatic carbocycles. The number of terminal acetylenes is 1. The molecule has 0 unspecified atom stereocenters. The maximum atomic E-state index is 12.1. The first-order valence-electron chi connectivity index (χ1n) is 5.74. The molecule has 0 aromatic heterocycles. The first-order valence-corrected chi connectivity index (χ1v) is 7.15. The molecule has 0 aliphatic carbocycles. The van der Waals surface area contributed by atoms with Gasteiger partial charge in [-0.05, 0) is 48.5 Å². The largest absolute Gasteiger partial charge is 0.379 e. The number of aliphatic imine (C=N–C) groups is 1. The Balaban J connectivity index is 2.24. The second-order valence-electron chi connectivity index (χ2n) is 3.90. The SMILES string of the molecule is C#Cc1ccc(S(=O)(=O)Oc2ccc(N=C=O)cc2)cc1. The third-order valence-electron chi connectivity index (χ3n) is 2.53. The molecule has 0 aliphatic heterocycles. The number of rotatable bonds is 4. The van der Waals surface area contributed by atoms with Crippen LogP contribution in [0.2, 0.25) is 0 Å². The number of carbonyl (C=O) groups excluding carboxylic acids is 1. The van der Waals surface area contributed by atoms with Crippen LogP contribution in [0.4, 0.5) is 5.69 Å². The third-order valence-corrected chi connectivity index (χ3v) is 3.79. The van der Waals surface area contributed by atoms with Gasteiger partial charge in [-0.2, -0.15) is 13.4 Å². The highest BCUT2D eigenvalue weighted by Gasteiger charge is 2.16. The lowest BCUT2D eigenvalue weighted by molar-refractivity contribution is 0.486. The molecular formula is C15H9NO4S. The molecule has 0 saturated heterocycles. The van der Waals surface area contributed by atoms with Crippen molar-refractivity contribution in [3.05, 3.63) is 54.1 Å². The first-order chi connectivity index (χ1) is 10.0. The molecule has 2 aromatic rings. The minimum atomic E-state index is -3.94. The summed E-state index contributed by atoms with van der Waals surface area (Å²) >= 11 is 0. The van der Waals surface area contributed by atoms with Crippen LogP contribution in [0.15, 0.2) is 58.4 Å². The standard InChI is InChI=1S/C15H9NO4S/c1-2-12-3-9-15(10-4-12)21(18,19)20-14-7-5-13(6-8-14)16-11-17/h1,3-10H. The van der Waals surface area contributed by atoms with Gasteiger partial charge >= 0.3 is 10.1 Å². The van der Waals surface area contributed by atoms with E-state index < -0.39 is 10.1 Å². The molecule has 0 fully saturated rings. The van der Waals surface area contributed by atoms with Crippen molar-refractivity contribution in [2.24, 2.45) is 4.99 Å². The number of benzene rings is 2. The van der Waals surface area contributed by atoms with Crippen molar-refractivity contribution in [3.63, 3.8) is 0 Å². The highest BCUT2D eigenvalue weighted by molar-refractivity contribution is 7.87. The van der Waals surface area contributed by atoms with E-state index in [0.717, 1.165) is 0 Å². The number of hydrogen-bond acceptors (Lipinski definition) is 5. The van der Waals surface area contributed by atoms with Gasteiger partial charge in [-0.1, -0.05) is 5.92 Å². The van der Waals surface area contributed by atoms with E-state index in [1.165, 1.54) is 54.6 Å². The number of hydrogen-bond donors (Lipinski definition) is 0. The van der Waals surface area contributed by atoms with Crippen molar-refractivity contribution in [1.29, 1.82) is 0 Å². The third kappa shape index (κ3) is 3.57. The highest BCUT2D eigenvalue weighted by Crippen LogP contribution is 2.22. The van der Waals surface area contributed by atoms with E-state index in [-0.39, 0.29) is 10.6 Å². The van der Waals surface area contributed by atoms with Crippen LogP contribution in [-0.2, 0) is 14.9 Å². The first kappa shape index (κ1) is 14.5. The second kappa shape index (κ2) is 6.06. The molecule has 104 valence electrons. The van der Waals surface area contributed by atoms with Crippen molar-refractivity contribution in [2.45, 2.75) is 4.90 Å². The van der Waals surface area contributed by atoms with E-state index in [0.29, 0.717) is 11.3 Å². The molecular weight excluding hydrogens is 290 g/mol. The van der Waals surface area contributed by atoms with E-state index in [9.17, 15) is 13.2 Å². The van der Waals surface area contributed by atoms with Gasteiger partial charge in [-0.25, -0.2) is 4.79 Å². The molecule has 0 N–H and O–H groups in total. The molecule has 2 rings (SSSR count). The van der Waals surface area contributed by atoms with Gasteiger partial charge in [0.05, 0.1) is 5.69 Å². The van der Waals surface area contributed by atoms with Gasteiger partial charge in [0, 0.05) is 5.56 Å². The Labute approximate surface area is 122 Å². The van der Waals surface area contributed by atoms with Gasteiger partial charge in [-0.15, -0.1) is 6.42 Å². The molecule has 0 spiro atoms. The second-order valence-corrected chi connectivity index (χ2v) is 5.45. The highest BCUT2D eigenvalue weighted by atomic mass is 32.2. The van der Waals surface area contributed by atoms with E-state index in [4.69, 9.17) is 10.6 Å². The smallest absolute Gasteiger partial charge is 0.339 e. The van der Waals surface area contributed by atoms with Crippen LogP contribution in [0.3, 0.4) is 0 Å². The van der Waals surface area contributed by atoms with E-state index in [2.05, 4.69) is 10.9 Å². The molecule has 0 atom stereocenters. The van der Waals surface area contributed by atoms with Gasteiger partial charge in [0.1, 0.15) is 10.6 Å². The molecule has 0 heterocycles. The summed E-state index contributed by atoms with van der Waals surface area (Å²) in [6.45, 7) is 0. The maximum absolute atomic E-state index is 12.1. The molecule has 0 bridgehead atoms. The Bertz CT molecular complexity index is 825. The lowest BCUT2D eigenvalue weighted by Gasteiger charge is -2.07. The summed E-state index contributed by atoms with van der Waals surface area (Å²) in [5.41, 5.74) is 0.929. The lowest BCUT2D eigenvalue weighted by Crippen LogP contribution is -2.09. The van der Waals surface area contributed by atoms with Crippen LogP contribution in [0.5, 0.6) is 5.75 Å². The molecule has 5 nitrogen and oxygen atoms in total. The Hall–Kier alpha value is -2.87. The molecule has 0 radical (unpaired) electrons. The minimum absolute atomic E-state index is 0.00325. The predicted molar refractivity (Wildman–Crippen MR) is 76.4 cm³/mol. The molecule has 0 aliphatic rings. The summed E-state index contributed by atoms with van der Waals surface area (Å²) in [4.78, 5) is 13.5. The Morgan fingerprint density at radius 3 is 2.14 bits per heavy atom.